The maximum Gasteiger partial charge on any atom is 0.495 e. The third kappa shape index (κ3) is 23.6. The molecular formula is C86H101B3Br4ClF5IN3O12S3. The van der Waals surface area contributed by atoms with Gasteiger partial charge in [-0.05, 0) is 312 Å². The number of alkyl halides is 1. The molecule has 32 heteroatoms. The summed E-state index contributed by atoms with van der Waals surface area (Å²) in [6, 6.07) is 43.5. The fourth-order valence-corrected chi connectivity index (χ4v) is 18.4. The Morgan fingerprint density at radius 1 is 0.424 bits per heavy atom. The zero-order chi connectivity index (χ0) is 84.4. The van der Waals surface area contributed by atoms with Crippen molar-refractivity contribution in [3.8, 4) is 0 Å². The lowest BCUT2D eigenvalue weighted by Gasteiger charge is -2.32. The minimum Gasteiger partial charge on any atom is -0.405 e. The van der Waals surface area contributed by atoms with E-state index in [0.29, 0.717) is 36.4 Å². The summed E-state index contributed by atoms with van der Waals surface area (Å²) in [4.78, 5) is 5.37. The fraction of sp³-hybridized carbons (Fsp3) is 0.326. The second-order valence-electron chi connectivity index (χ2n) is 30.2. The van der Waals surface area contributed by atoms with Crippen LogP contribution in [0.25, 0.3) is 44.9 Å². The molecule has 5 aliphatic rings. The molecule has 3 fully saturated rings. The van der Waals surface area contributed by atoms with Crippen LogP contribution in [0.5, 0.6) is 0 Å². The van der Waals surface area contributed by atoms with Crippen molar-refractivity contribution in [1.82, 2.24) is 12.9 Å². The second kappa shape index (κ2) is 40.7. The van der Waals surface area contributed by atoms with Gasteiger partial charge in [-0.3, -0.25) is 0 Å². The first-order chi connectivity index (χ1) is 53.0. The molecule has 1 N–H and O–H groups in total. The molecule has 6 heterocycles. The highest BCUT2D eigenvalue weighted by molar-refractivity contribution is 14.1. The van der Waals surface area contributed by atoms with Crippen LogP contribution in [0.15, 0.2) is 226 Å². The summed E-state index contributed by atoms with van der Waals surface area (Å²) >= 11 is 15.3. The average Bonchev–Trinajstić information content (AvgIpc) is 1.62. The molecule has 8 aromatic carbocycles. The van der Waals surface area contributed by atoms with Gasteiger partial charge in [0.1, 0.15) is 29.1 Å². The van der Waals surface area contributed by atoms with Crippen LogP contribution in [0.4, 0.5) is 22.0 Å². The molecule has 2 aliphatic carbocycles. The van der Waals surface area contributed by atoms with E-state index in [1.165, 1.54) is 106 Å². The van der Waals surface area contributed by atoms with Gasteiger partial charge in [0.25, 0.3) is 29.1 Å². The number of allylic oxidation sites excluding steroid dienone is 2. The molecule has 0 atom stereocenters. The number of nitrogens with one attached hydrogen (secondary N) is 1. The van der Waals surface area contributed by atoms with E-state index in [0.717, 1.165) is 64.4 Å². The predicted molar refractivity (Wildman–Crippen MR) is 497 cm³/mol. The number of hydrogen-bond donors (Lipinski definition) is 1. The van der Waals surface area contributed by atoms with Gasteiger partial charge in [0.2, 0.25) is 0 Å². The van der Waals surface area contributed by atoms with Gasteiger partial charge in [-0.1, -0.05) is 146 Å². The van der Waals surface area contributed by atoms with Crippen LogP contribution in [-0.2, 0) is 69.9 Å². The van der Waals surface area contributed by atoms with Gasteiger partial charge >= 0.3 is 21.1 Å². The monoisotopic (exact) mass is 2070 g/mol. The van der Waals surface area contributed by atoms with E-state index in [4.69, 9.17) is 38.6 Å². The maximum atomic E-state index is 13.9. The minimum atomic E-state index is -3.76. The van der Waals surface area contributed by atoms with E-state index in [1.807, 2.05) is 94.1 Å². The van der Waals surface area contributed by atoms with Crippen LogP contribution in [0, 0.1) is 36.0 Å². The fourth-order valence-electron chi connectivity index (χ4n) is 12.4. The highest BCUT2D eigenvalue weighted by Gasteiger charge is 2.64. The van der Waals surface area contributed by atoms with Crippen LogP contribution in [0.1, 0.15) is 155 Å². The van der Waals surface area contributed by atoms with E-state index >= 15 is 0 Å². The normalized spacial score (nSPS) is 16.4. The summed E-state index contributed by atoms with van der Waals surface area (Å²) in [5, 5.41) is 2.31. The van der Waals surface area contributed by atoms with Crippen molar-refractivity contribution in [2.24, 2.45) is 0 Å². The first kappa shape index (κ1) is 103. The Bertz CT molecular complexity index is 5710. The van der Waals surface area contributed by atoms with Crippen LogP contribution in [0.2, 0.25) is 0 Å². The molecule has 0 saturated carbocycles. The van der Waals surface area contributed by atoms with E-state index in [2.05, 4.69) is 117 Å². The van der Waals surface area contributed by atoms with Crippen LogP contribution in [-0.4, -0.2) is 97.9 Å². The number of benzene rings is 8. The molecule has 118 heavy (non-hydrogen) atoms. The number of fused-ring (bicyclic) bond motifs is 5. The maximum absolute atomic E-state index is 13.9. The number of hydrogen-bond acceptors (Lipinski definition) is 12. The molecule has 0 unspecified atom stereocenters. The topological polar surface area (TPSA) is 183 Å². The van der Waals surface area contributed by atoms with Crippen molar-refractivity contribution in [3.63, 3.8) is 0 Å². The summed E-state index contributed by atoms with van der Waals surface area (Å²) in [6.45, 7) is 30.0. The molecule has 11 aromatic rings. The largest absolute Gasteiger partial charge is 0.495 e. The molecule has 0 amide bonds. The number of aromatic amines is 1. The third-order valence-corrected chi connectivity index (χ3v) is 27.8. The lowest BCUT2D eigenvalue weighted by Crippen LogP contribution is -2.41. The molecule has 0 spiro atoms. The summed E-state index contributed by atoms with van der Waals surface area (Å²) in [5.41, 5.74) is 7.34. The summed E-state index contributed by atoms with van der Waals surface area (Å²) in [7, 11) is -7.44. The molecule has 16 rings (SSSR count). The summed E-state index contributed by atoms with van der Waals surface area (Å²) in [5.74, 6) is -1.60. The van der Waals surface area contributed by atoms with Gasteiger partial charge < -0.3 is 32.9 Å². The van der Waals surface area contributed by atoms with Crippen molar-refractivity contribution in [2.45, 2.75) is 195 Å². The number of rotatable bonds is 7. The van der Waals surface area contributed by atoms with Crippen molar-refractivity contribution in [3.05, 3.63) is 268 Å². The smallest absolute Gasteiger partial charge is 0.405 e. The van der Waals surface area contributed by atoms with E-state index in [9.17, 15) is 47.2 Å². The molecule has 0 radical (unpaired) electrons. The summed E-state index contributed by atoms with van der Waals surface area (Å²) < 4.78 is 179. The Hall–Kier alpha value is -5.75. The first-order valence-corrected chi connectivity index (χ1v) is 46.1. The second-order valence-corrected chi connectivity index (χ2v) is 39.8. The predicted octanol–water partition coefficient (Wildman–Crippen LogP) is 25.0. The molecule has 3 aromatic heterocycles. The number of aryl methyl sites for hydroxylation is 1. The Kier molecular flexibility index (Phi) is 35.5. The standard InChI is InChI=1S/C16H20BFO2.C15H11BrFNO2S.C14H9BrFNO2S.C12H24B2O4.C10H8BrF.C8H5BrFN.C6H5ClO2S.CH3I.4CH4/c1-10-6-11-8-12(18)9-14(13(11)7-10)17-19-15(2,3)16(4,5)20-17;1-10-7-13-14(16)8-11(17)9-15(13)18(10)21(19,20)12-5-3-2-4-6-12;15-13-8-10(16)9-14-12(13)6-7-17(14)20(18,19)11-4-2-1-3-5-11;1-9(2)10(3,4)16-13(15-9)14-17-11(5,6)12(7,8)18-14;1-6-2-7-4-8(12)5-10(11)9(7)3-6;9-7-3-5(10)4-8-6(7)1-2-11-8;7-10(8,9)6-4-2-1-3-5-6;1-2;;;;/h7-9H,6H2,1-5H3;2-9H,1H3;1-9H;1-8H3;3-5H,2H2,1H3;1-4,11H;1-5H;1H3;4*1H4. The van der Waals surface area contributed by atoms with Gasteiger partial charge in [-0.2, -0.15) is 0 Å². The Morgan fingerprint density at radius 3 is 1.24 bits per heavy atom. The quantitative estimate of drug-likeness (QED) is 0.0525. The Labute approximate surface area is 746 Å². The lowest BCUT2D eigenvalue weighted by atomic mass is 9.49. The molecule has 15 nitrogen and oxygen atoms in total. The number of H-pyrrole nitrogens is 1. The van der Waals surface area contributed by atoms with Gasteiger partial charge in [0.05, 0.1) is 59.3 Å². The first-order valence-electron chi connectivity index (χ1n) is 35.6. The number of halogens is 11. The van der Waals surface area contributed by atoms with E-state index in [1.54, 1.807) is 92.0 Å². The van der Waals surface area contributed by atoms with Crippen molar-refractivity contribution in [2.75, 3.05) is 4.93 Å². The van der Waals surface area contributed by atoms with Crippen molar-refractivity contribution >= 4 is 198 Å². The SMILES string of the molecule is C.C.C.C.CC1(C)OB(B2OC(C)(C)C(C)(C)O2)OC1(C)C.CC1=Cc2c(Br)cc(F)cc2C1.CC1=Cc2c(cc(F)cc2B2OC(C)(C)C(C)(C)O2)C1.CI.Cc1cc2c(Br)cc(F)cc2n1S(=O)(=O)c1ccccc1.Fc1cc(Br)c2cc[nH]c2c1.O=S(=O)(Cl)c1ccccc1.O=S(=O)(c1ccccc1)n1ccc2c(Br)cc(F)cc21. The zero-order valence-corrected chi connectivity index (χ0v) is 77.0. The molecular weight excluding hydrogens is 1970 g/mol. The van der Waals surface area contributed by atoms with Gasteiger partial charge in [-0.25, -0.2) is 55.2 Å². The Balaban J connectivity index is 0.000000246. The van der Waals surface area contributed by atoms with Gasteiger partial charge in [0, 0.05) is 68.3 Å². The highest BCUT2D eigenvalue weighted by Crippen LogP contribution is 2.44. The number of nitrogens with zero attached hydrogens (tertiary/aromatic N) is 2. The lowest BCUT2D eigenvalue weighted by molar-refractivity contribution is 0.00578. The third-order valence-electron chi connectivity index (χ3n) is 20.3. The minimum absolute atomic E-state index is 0. The van der Waals surface area contributed by atoms with Crippen LogP contribution < -0.4 is 5.46 Å². The molecule has 0 bridgehead atoms. The van der Waals surface area contributed by atoms with E-state index in [-0.39, 0.29) is 84.2 Å². The van der Waals surface area contributed by atoms with Crippen LogP contribution in [0.3, 0.4) is 0 Å². The zero-order valence-electron chi connectivity index (χ0n) is 65.3. The molecule has 3 saturated heterocycles. The highest BCUT2D eigenvalue weighted by atomic mass is 127. The Morgan fingerprint density at radius 2 is 0.788 bits per heavy atom. The van der Waals surface area contributed by atoms with Crippen LogP contribution >= 0.6 is 97.0 Å². The number of aromatic nitrogens is 3. The van der Waals surface area contributed by atoms with Gasteiger partial charge in [0.15, 0.2) is 0 Å². The van der Waals surface area contributed by atoms with Gasteiger partial charge in [-0.15, -0.1) is 0 Å². The average molecular weight is 2070 g/mol. The summed E-state index contributed by atoms with van der Waals surface area (Å²) in [6.07, 6.45) is 9.10. The molecule has 636 valence electrons. The van der Waals surface area contributed by atoms with Crippen molar-refractivity contribution in [1.29, 1.82) is 0 Å². The van der Waals surface area contributed by atoms with Crippen molar-refractivity contribution < 1.29 is 75.1 Å². The van der Waals surface area contributed by atoms with E-state index < -0.39 is 73.1 Å². The molecule has 3 aliphatic heterocycles.